The Hall–Kier alpha value is -1.30. The van der Waals surface area contributed by atoms with Crippen molar-refractivity contribution in [2.24, 2.45) is 0 Å². The first-order valence-electron chi connectivity index (χ1n) is 7.53. The molecule has 0 rings (SSSR count). The molecule has 2 amide bonds. The smallest absolute Gasteiger partial charge is 0.317 e. The summed E-state index contributed by atoms with van der Waals surface area (Å²) < 4.78 is 5.43. The lowest BCUT2D eigenvalue weighted by Gasteiger charge is -2.35. The highest BCUT2D eigenvalue weighted by atomic mass is 16.5. The number of urea groups is 1. The molecular formula is C15H30N2O4. The number of hydrogen-bond donors (Lipinski definition) is 2. The quantitative estimate of drug-likeness (QED) is 0.641. The van der Waals surface area contributed by atoms with Crippen LogP contribution >= 0.6 is 0 Å². The predicted octanol–water partition coefficient (Wildman–Crippen LogP) is 2.48. The molecule has 124 valence electrons. The number of carbonyl (C=O) groups excluding carboxylic acids is 1. The first-order chi connectivity index (χ1) is 9.64. The molecule has 0 saturated heterocycles. The molecule has 0 unspecified atom stereocenters. The van der Waals surface area contributed by atoms with Gasteiger partial charge in [-0.25, -0.2) is 4.79 Å². The minimum atomic E-state index is -0.900. The second-order valence-electron chi connectivity index (χ2n) is 6.32. The number of ether oxygens (including phenoxy) is 1. The highest BCUT2D eigenvalue weighted by Gasteiger charge is 2.26. The molecule has 0 radical (unpaired) electrons. The van der Waals surface area contributed by atoms with E-state index in [1.165, 1.54) is 0 Å². The van der Waals surface area contributed by atoms with Gasteiger partial charge < -0.3 is 20.1 Å². The molecule has 0 aliphatic rings. The molecule has 0 aromatic carbocycles. The summed E-state index contributed by atoms with van der Waals surface area (Å²) in [5, 5.41) is 11.6. The number of nitrogens with one attached hydrogen (secondary N) is 1. The van der Waals surface area contributed by atoms with E-state index in [-0.39, 0.29) is 25.1 Å². The van der Waals surface area contributed by atoms with E-state index in [0.717, 1.165) is 12.8 Å². The number of hydrogen-bond acceptors (Lipinski definition) is 3. The minimum absolute atomic E-state index is 0.0487. The van der Waals surface area contributed by atoms with E-state index >= 15 is 0 Å². The Bertz CT molecular complexity index is 324. The van der Waals surface area contributed by atoms with Crippen molar-refractivity contribution in [3.63, 3.8) is 0 Å². The summed E-state index contributed by atoms with van der Waals surface area (Å²) in [4.78, 5) is 24.4. The van der Waals surface area contributed by atoms with Crippen LogP contribution < -0.4 is 5.32 Å². The lowest BCUT2D eigenvalue weighted by atomic mass is 10.1. The highest BCUT2D eigenvalue weighted by Crippen LogP contribution is 2.13. The van der Waals surface area contributed by atoms with E-state index in [4.69, 9.17) is 9.84 Å². The summed E-state index contributed by atoms with van der Waals surface area (Å²) in [5.41, 5.74) is -0.402. The van der Waals surface area contributed by atoms with Gasteiger partial charge in [-0.1, -0.05) is 0 Å². The Balaban J connectivity index is 4.09. The second kappa shape index (κ2) is 9.60. The molecule has 6 heteroatoms. The average molecular weight is 302 g/mol. The average Bonchev–Trinajstić information content (AvgIpc) is 2.31. The zero-order valence-electron chi connectivity index (χ0n) is 13.9. The van der Waals surface area contributed by atoms with Crippen LogP contribution in [0, 0.1) is 0 Å². The molecule has 0 heterocycles. The first-order valence-corrected chi connectivity index (χ1v) is 7.53. The van der Waals surface area contributed by atoms with Gasteiger partial charge in [-0.3, -0.25) is 4.79 Å². The van der Waals surface area contributed by atoms with E-state index in [1.54, 1.807) is 4.90 Å². The third-order valence-electron chi connectivity index (χ3n) is 2.90. The van der Waals surface area contributed by atoms with E-state index in [2.05, 4.69) is 5.32 Å². The summed E-state index contributed by atoms with van der Waals surface area (Å²) in [5.74, 6) is -0.900. The van der Waals surface area contributed by atoms with Crippen LogP contribution in [0.15, 0.2) is 0 Å². The molecule has 0 spiro atoms. The summed E-state index contributed by atoms with van der Waals surface area (Å²) in [6.45, 7) is 11.1. The second-order valence-corrected chi connectivity index (χ2v) is 6.32. The van der Waals surface area contributed by atoms with Gasteiger partial charge in [0.25, 0.3) is 0 Å². The zero-order chi connectivity index (χ0) is 16.5. The molecule has 0 fully saturated rings. The van der Waals surface area contributed by atoms with Gasteiger partial charge >= 0.3 is 12.0 Å². The number of amides is 2. The SMILES string of the molecule is CC(C)OCCCCNC(=O)N(CCC(=O)O)C(C)(C)C. The number of aliphatic carboxylic acids is 1. The standard InChI is InChI=1S/C15H30N2O4/c1-12(2)21-11-7-6-9-16-14(20)17(15(3,4)5)10-8-13(18)19/h12H,6-11H2,1-5H3,(H,16,20)(H,18,19). The summed E-state index contributed by atoms with van der Waals surface area (Å²) in [6, 6.07) is -0.214. The minimum Gasteiger partial charge on any atom is -0.481 e. The Morgan fingerprint density at radius 2 is 1.86 bits per heavy atom. The van der Waals surface area contributed by atoms with E-state index in [9.17, 15) is 9.59 Å². The Kier molecular flexibility index (Phi) is 9.01. The fourth-order valence-electron chi connectivity index (χ4n) is 1.79. The monoisotopic (exact) mass is 302 g/mol. The highest BCUT2D eigenvalue weighted by molar-refractivity contribution is 5.76. The largest absolute Gasteiger partial charge is 0.481 e. The van der Waals surface area contributed by atoms with Gasteiger partial charge in [0.05, 0.1) is 12.5 Å². The van der Waals surface area contributed by atoms with Crippen molar-refractivity contribution in [1.29, 1.82) is 0 Å². The van der Waals surface area contributed by atoms with Crippen molar-refractivity contribution in [3.05, 3.63) is 0 Å². The van der Waals surface area contributed by atoms with Gasteiger partial charge in [0.2, 0.25) is 0 Å². The van der Waals surface area contributed by atoms with Gasteiger partial charge in [0.15, 0.2) is 0 Å². The lowest BCUT2D eigenvalue weighted by Crippen LogP contribution is -2.51. The maximum absolute atomic E-state index is 12.1. The van der Waals surface area contributed by atoms with Crippen LogP contribution in [0.25, 0.3) is 0 Å². The summed E-state index contributed by atoms with van der Waals surface area (Å²) >= 11 is 0. The third kappa shape index (κ3) is 10.1. The maximum Gasteiger partial charge on any atom is 0.317 e. The van der Waals surface area contributed by atoms with Gasteiger partial charge in [-0.05, 0) is 47.5 Å². The number of carboxylic acid groups (broad SMARTS) is 1. The van der Waals surface area contributed by atoms with Gasteiger partial charge in [0.1, 0.15) is 0 Å². The molecular weight excluding hydrogens is 272 g/mol. The number of unbranched alkanes of at least 4 members (excludes halogenated alkanes) is 1. The van der Waals surface area contributed by atoms with Crippen LogP contribution in [0.5, 0.6) is 0 Å². The summed E-state index contributed by atoms with van der Waals surface area (Å²) in [6.07, 6.45) is 1.91. The Labute approximate surface area is 127 Å². The van der Waals surface area contributed by atoms with Crippen molar-refractivity contribution >= 4 is 12.0 Å². The first kappa shape index (κ1) is 19.7. The number of nitrogens with zero attached hydrogens (tertiary/aromatic N) is 1. The fourth-order valence-corrected chi connectivity index (χ4v) is 1.79. The molecule has 0 aliphatic carbocycles. The topological polar surface area (TPSA) is 78.9 Å². The van der Waals surface area contributed by atoms with Crippen molar-refractivity contribution in [1.82, 2.24) is 10.2 Å². The van der Waals surface area contributed by atoms with Crippen molar-refractivity contribution in [2.75, 3.05) is 19.7 Å². The summed E-state index contributed by atoms with van der Waals surface area (Å²) in [7, 11) is 0. The fraction of sp³-hybridized carbons (Fsp3) is 0.867. The Morgan fingerprint density at radius 3 is 2.33 bits per heavy atom. The molecule has 0 saturated carbocycles. The van der Waals surface area contributed by atoms with Crippen LogP contribution in [0.2, 0.25) is 0 Å². The van der Waals surface area contributed by atoms with Crippen LogP contribution in [0.1, 0.15) is 53.9 Å². The number of rotatable bonds is 9. The van der Waals surface area contributed by atoms with Crippen molar-refractivity contribution < 1.29 is 19.4 Å². The predicted molar refractivity (Wildman–Crippen MR) is 82.4 cm³/mol. The van der Waals surface area contributed by atoms with Crippen LogP contribution in [0.4, 0.5) is 4.79 Å². The maximum atomic E-state index is 12.1. The van der Waals surface area contributed by atoms with E-state index < -0.39 is 11.5 Å². The number of carboxylic acids is 1. The van der Waals surface area contributed by atoms with Gasteiger partial charge in [-0.15, -0.1) is 0 Å². The molecule has 21 heavy (non-hydrogen) atoms. The zero-order valence-corrected chi connectivity index (χ0v) is 13.9. The van der Waals surface area contributed by atoms with Gasteiger partial charge in [0, 0.05) is 25.2 Å². The third-order valence-corrected chi connectivity index (χ3v) is 2.90. The van der Waals surface area contributed by atoms with E-state index in [0.29, 0.717) is 13.2 Å². The van der Waals surface area contributed by atoms with Crippen LogP contribution in [0.3, 0.4) is 0 Å². The lowest BCUT2D eigenvalue weighted by molar-refractivity contribution is -0.137. The van der Waals surface area contributed by atoms with Gasteiger partial charge in [-0.2, -0.15) is 0 Å². The molecule has 0 aromatic heterocycles. The molecule has 0 aliphatic heterocycles. The number of carbonyl (C=O) groups is 2. The molecule has 2 N–H and O–H groups in total. The van der Waals surface area contributed by atoms with Crippen LogP contribution in [-0.2, 0) is 9.53 Å². The molecule has 0 atom stereocenters. The van der Waals surface area contributed by atoms with Crippen molar-refractivity contribution in [2.45, 2.75) is 65.5 Å². The molecule has 0 aromatic rings. The normalized spacial score (nSPS) is 11.5. The van der Waals surface area contributed by atoms with Crippen molar-refractivity contribution in [3.8, 4) is 0 Å². The van der Waals surface area contributed by atoms with E-state index in [1.807, 2.05) is 34.6 Å². The Morgan fingerprint density at radius 1 is 1.24 bits per heavy atom. The van der Waals surface area contributed by atoms with Crippen LogP contribution in [-0.4, -0.2) is 53.3 Å². The molecule has 0 bridgehead atoms. The molecule has 6 nitrogen and oxygen atoms in total.